The molecule has 0 aromatic carbocycles. The van der Waals surface area contributed by atoms with Crippen molar-refractivity contribution in [3.8, 4) is 0 Å². The van der Waals surface area contributed by atoms with Crippen LogP contribution in [0.1, 0.15) is 74.1 Å². The normalized spacial score (nSPS) is 15.7. The molecule has 0 aromatic heterocycles. The minimum absolute atomic E-state index is 1.10. The summed E-state index contributed by atoms with van der Waals surface area (Å²) in [6.07, 6.45) is 40.6. The summed E-state index contributed by atoms with van der Waals surface area (Å²) in [5.41, 5.74) is 7.45. The van der Waals surface area contributed by atoms with E-state index in [0.29, 0.717) is 0 Å². The minimum Gasteiger partial charge on any atom is -0.0985 e. The monoisotopic (exact) mass is 468 g/mol. The third-order valence-electron chi connectivity index (χ3n) is 5.28. The lowest BCUT2D eigenvalue weighted by Crippen LogP contribution is -1.75. The molecule has 35 heavy (non-hydrogen) atoms. The minimum atomic E-state index is 1.10. The first-order valence-corrected chi connectivity index (χ1v) is 12.9. The summed E-state index contributed by atoms with van der Waals surface area (Å²) in [5, 5.41) is 0. The fourth-order valence-corrected chi connectivity index (χ4v) is 2.74. The molecule has 0 saturated carbocycles. The maximum absolute atomic E-state index is 3.91. The molecule has 0 aromatic rings. The smallest absolute Gasteiger partial charge is 0.0302 e. The van der Waals surface area contributed by atoms with Crippen molar-refractivity contribution in [3.63, 3.8) is 0 Å². The van der Waals surface area contributed by atoms with Crippen LogP contribution in [0.3, 0.4) is 0 Å². The van der Waals surface area contributed by atoms with Gasteiger partial charge in [0.2, 0.25) is 0 Å². The highest BCUT2D eigenvalue weighted by atomic mass is 13.9. The quantitative estimate of drug-likeness (QED) is 0.165. The summed E-state index contributed by atoms with van der Waals surface area (Å²) in [5.74, 6) is 0. The molecular weight excluding hydrogens is 420 g/mol. The Morgan fingerprint density at radius 2 is 1.03 bits per heavy atom. The molecule has 0 unspecified atom stereocenters. The largest absolute Gasteiger partial charge is 0.0985 e. The zero-order valence-corrected chi connectivity index (χ0v) is 23.4. The molecule has 0 atom stereocenters. The average molecular weight is 469 g/mol. The fraction of sp³-hybridized carbons (Fsp3) is 0.314. The van der Waals surface area contributed by atoms with Crippen molar-refractivity contribution in [3.05, 3.63) is 143 Å². The third-order valence-corrected chi connectivity index (χ3v) is 5.28. The van der Waals surface area contributed by atoms with Crippen molar-refractivity contribution in [2.24, 2.45) is 0 Å². The number of hydrogen-bond acceptors (Lipinski definition) is 0. The summed E-state index contributed by atoms with van der Waals surface area (Å²) < 4.78 is 0. The van der Waals surface area contributed by atoms with E-state index < -0.39 is 0 Å². The fourth-order valence-electron chi connectivity index (χ4n) is 2.74. The molecule has 0 heteroatoms. The van der Waals surface area contributed by atoms with Crippen LogP contribution in [0.25, 0.3) is 0 Å². The van der Waals surface area contributed by atoms with Gasteiger partial charge >= 0.3 is 0 Å². The Morgan fingerprint density at radius 1 is 0.571 bits per heavy atom. The summed E-state index contributed by atoms with van der Waals surface area (Å²) in [4.78, 5) is 0. The van der Waals surface area contributed by atoms with Gasteiger partial charge in [-0.05, 0) is 53.0 Å². The van der Waals surface area contributed by atoms with Gasteiger partial charge in [-0.3, -0.25) is 0 Å². The van der Waals surface area contributed by atoms with Crippen LogP contribution in [0.4, 0.5) is 0 Å². The van der Waals surface area contributed by atoms with E-state index >= 15 is 0 Å². The van der Waals surface area contributed by atoms with Crippen LogP contribution in [-0.4, -0.2) is 0 Å². The zero-order chi connectivity index (χ0) is 26.3. The highest BCUT2D eigenvalue weighted by molar-refractivity contribution is 5.36. The standard InChI is InChI=1S/C35H48/c1-9-12-13-27-35(11-3)29-28-34(8)26-18-24-32(6)20-15-14-19-31(5)23-17-25-33(7)22-16-21-30(4)10-2/h11,14-29H,3,9-10,12-13H2,1-2,4-8H3/b15-14+,22-16+,23-17+,24-18+,29-28+,30-21+,31-19+,32-20+,33-25+,34-26+,35-27+. The topological polar surface area (TPSA) is 0 Å². The lowest BCUT2D eigenvalue weighted by Gasteiger charge is -1.95. The predicted molar refractivity (Wildman–Crippen MR) is 163 cm³/mol. The van der Waals surface area contributed by atoms with Crippen molar-refractivity contribution < 1.29 is 0 Å². The second kappa shape index (κ2) is 21.4. The van der Waals surface area contributed by atoms with Crippen molar-refractivity contribution in [2.45, 2.75) is 74.1 Å². The molecule has 0 aliphatic rings. The third kappa shape index (κ3) is 20.0. The molecule has 0 bridgehead atoms. The summed E-state index contributed by atoms with van der Waals surface area (Å²) in [6, 6.07) is 0. The number of allylic oxidation sites excluding steroid dienone is 23. The highest BCUT2D eigenvalue weighted by Gasteiger charge is 1.87. The van der Waals surface area contributed by atoms with Crippen LogP contribution in [0.15, 0.2) is 143 Å². The molecule has 0 spiro atoms. The molecule has 0 N–H and O–H groups in total. The van der Waals surface area contributed by atoms with Gasteiger partial charge in [0.05, 0.1) is 0 Å². The van der Waals surface area contributed by atoms with E-state index in [4.69, 9.17) is 0 Å². The molecule has 0 fully saturated rings. The Bertz CT molecular complexity index is 954. The molecule has 0 aliphatic heterocycles. The van der Waals surface area contributed by atoms with Gasteiger partial charge in [0.1, 0.15) is 0 Å². The van der Waals surface area contributed by atoms with Gasteiger partial charge in [-0.25, -0.2) is 0 Å². The number of hydrogen-bond donors (Lipinski definition) is 0. The summed E-state index contributed by atoms with van der Waals surface area (Å²) >= 11 is 0. The first-order chi connectivity index (χ1) is 16.8. The maximum Gasteiger partial charge on any atom is -0.0302 e. The van der Waals surface area contributed by atoms with E-state index in [1.807, 2.05) is 6.08 Å². The second-order valence-corrected chi connectivity index (χ2v) is 8.86. The van der Waals surface area contributed by atoms with Crippen LogP contribution < -0.4 is 0 Å². The highest BCUT2D eigenvalue weighted by Crippen LogP contribution is 2.07. The van der Waals surface area contributed by atoms with Gasteiger partial charge in [0.15, 0.2) is 0 Å². The first kappa shape index (κ1) is 31.9. The van der Waals surface area contributed by atoms with E-state index in [9.17, 15) is 0 Å². The van der Waals surface area contributed by atoms with Crippen molar-refractivity contribution >= 4 is 0 Å². The molecule has 0 heterocycles. The van der Waals surface area contributed by atoms with Crippen molar-refractivity contribution in [1.29, 1.82) is 0 Å². The van der Waals surface area contributed by atoms with Crippen LogP contribution in [0, 0.1) is 0 Å². The summed E-state index contributed by atoms with van der Waals surface area (Å²) in [7, 11) is 0. The molecule has 0 nitrogen and oxygen atoms in total. The van der Waals surface area contributed by atoms with Crippen molar-refractivity contribution in [2.75, 3.05) is 0 Å². The Hall–Kier alpha value is -3.12. The molecule has 0 amide bonds. The first-order valence-electron chi connectivity index (χ1n) is 12.9. The maximum atomic E-state index is 3.91. The Labute approximate surface area is 217 Å². The van der Waals surface area contributed by atoms with Crippen LogP contribution in [0.2, 0.25) is 0 Å². The second-order valence-electron chi connectivity index (χ2n) is 8.86. The van der Waals surface area contributed by atoms with Gasteiger partial charge < -0.3 is 0 Å². The van der Waals surface area contributed by atoms with Gasteiger partial charge in [-0.2, -0.15) is 0 Å². The molecule has 0 radical (unpaired) electrons. The number of unbranched alkanes of at least 4 members (excludes halogenated alkanes) is 2. The van der Waals surface area contributed by atoms with Crippen molar-refractivity contribution in [1.82, 2.24) is 0 Å². The van der Waals surface area contributed by atoms with E-state index in [0.717, 1.165) is 12.8 Å². The Kier molecular flexibility index (Phi) is 19.5. The lowest BCUT2D eigenvalue weighted by molar-refractivity contribution is 0.813. The van der Waals surface area contributed by atoms with Gasteiger partial charge in [-0.15, -0.1) is 0 Å². The molecule has 188 valence electrons. The zero-order valence-electron chi connectivity index (χ0n) is 23.4. The summed E-state index contributed by atoms with van der Waals surface area (Å²) in [6.45, 7) is 18.9. The lowest BCUT2D eigenvalue weighted by atomic mass is 10.1. The molecule has 0 rings (SSSR count). The van der Waals surface area contributed by atoms with E-state index in [-0.39, 0.29) is 0 Å². The van der Waals surface area contributed by atoms with E-state index in [1.165, 1.54) is 46.3 Å². The van der Waals surface area contributed by atoms with Crippen LogP contribution in [-0.2, 0) is 0 Å². The molecule has 0 saturated heterocycles. The van der Waals surface area contributed by atoms with E-state index in [2.05, 4.69) is 152 Å². The van der Waals surface area contributed by atoms with Gasteiger partial charge in [0, 0.05) is 0 Å². The predicted octanol–water partition coefficient (Wildman–Crippen LogP) is 11.2. The number of rotatable bonds is 15. The molecular formula is C35H48. The average Bonchev–Trinajstić information content (AvgIpc) is 2.83. The SMILES string of the molecule is C=CC(/C=C/C(C)=C/C=C/C(C)=C/C=C/C=C(C)/C=C/C=C(C)/C=C/C=C(\C)CC)=C\CCCC. The van der Waals surface area contributed by atoms with Crippen LogP contribution >= 0.6 is 0 Å². The van der Waals surface area contributed by atoms with Crippen LogP contribution in [0.5, 0.6) is 0 Å². The Morgan fingerprint density at radius 3 is 1.49 bits per heavy atom. The molecule has 0 aliphatic carbocycles. The van der Waals surface area contributed by atoms with Gasteiger partial charge in [0.25, 0.3) is 0 Å². The van der Waals surface area contributed by atoms with Gasteiger partial charge in [-0.1, -0.05) is 164 Å². The van der Waals surface area contributed by atoms with E-state index in [1.54, 1.807) is 0 Å². The Balaban J connectivity index is 4.78.